The van der Waals surface area contributed by atoms with Gasteiger partial charge >= 0.3 is 12.1 Å². The molecule has 8 heteroatoms. The summed E-state index contributed by atoms with van der Waals surface area (Å²) in [4.78, 5) is 21.9. The molecule has 1 amide bonds. The highest BCUT2D eigenvalue weighted by Gasteiger charge is 2.18. The van der Waals surface area contributed by atoms with E-state index < -0.39 is 18.1 Å². The number of carboxylic acid groups (broad SMARTS) is 2. The van der Waals surface area contributed by atoms with Gasteiger partial charge in [-0.2, -0.15) is 0 Å². The summed E-state index contributed by atoms with van der Waals surface area (Å²) in [6.07, 6.45) is 0.850. The van der Waals surface area contributed by atoms with Crippen LogP contribution in [0.15, 0.2) is 0 Å². The zero-order valence-electron chi connectivity index (χ0n) is 10.2. The van der Waals surface area contributed by atoms with Gasteiger partial charge in [0.2, 0.25) is 0 Å². The minimum Gasteiger partial charge on any atom is -0.480 e. The fourth-order valence-corrected chi connectivity index (χ4v) is 1.70. The Kier molecular flexibility index (Phi) is 6.40. The molecule has 0 bridgehead atoms. The van der Waals surface area contributed by atoms with Crippen LogP contribution in [0.3, 0.4) is 0 Å². The molecule has 2 aliphatic heterocycles. The highest BCUT2D eigenvalue weighted by molar-refractivity contribution is 5.73. The number of carboxylic acids is 1. The Morgan fingerprint density at radius 1 is 1.11 bits per heavy atom. The van der Waals surface area contributed by atoms with Gasteiger partial charge in [0.15, 0.2) is 0 Å². The summed E-state index contributed by atoms with van der Waals surface area (Å²) >= 11 is 0. The Morgan fingerprint density at radius 2 is 1.78 bits per heavy atom. The first-order valence-electron chi connectivity index (χ1n) is 6.01. The number of carbonyl (C=O) groups is 2. The van der Waals surface area contributed by atoms with Gasteiger partial charge in [-0.15, -0.1) is 0 Å². The van der Waals surface area contributed by atoms with Crippen molar-refractivity contribution in [2.75, 3.05) is 32.7 Å². The predicted octanol–water partition coefficient (Wildman–Crippen LogP) is -1.10. The third-order valence-electron chi connectivity index (χ3n) is 2.76. The lowest BCUT2D eigenvalue weighted by molar-refractivity contribution is -0.140. The van der Waals surface area contributed by atoms with E-state index in [1.807, 2.05) is 0 Å². The average molecular weight is 260 g/mol. The summed E-state index contributed by atoms with van der Waals surface area (Å²) in [5.41, 5.74) is 5.45. The Balaban J connectivity index is 0.000000180. The molecule has 18 heavy (non-hydrogen) atoms. The summed E-state index contributed by atoms with van der Waals surface area (Å²) in [6, 6.07) is -0.390. The van der Waals surface area contributed by atoms with Crippen molar-refractivity contribution in [1.29, 1.82) is 0 Å². The van der Waals surface area contributed by atoms with Crippen LogP contribution in [0.2, 0.25) is 0 Å². The quantitative estimate of drug-likeness (QED) is 0.406. The number of piperazine rings is 1. The molecule has 0 aromatic rings. The van der Waals surface area contributed by atoms with Crippen LogP contribution >= 0.6 is 0 Å². The Morgan fingerprint density at radius 3 is 2.11 bits per heavy atom. The first-order chi connectivity index (χ1) is 8.61. The molecule has 0 aromatic heterocycles. The summed E-state index contributed by atoms with van der Waals surface area (Å²) < 4.78 is 0. The molecule has 0 unspecified atom stereocenters. The van der Waals surface area contributed by atoms with E-state index in [0.717, 1.165) is 32.5 Å². The van der Waals surface area contributed by atoms with E-state index in [0.29, 0.717) is 13.1 Å². The van der Waals surface area contributed by atoms with Gasteiger partial charge in [0.25, 0.3) is 0 Å². The highest BCUT2D eigenvalue weighted by Crippen LogP contribution is 1.98. The van der Waals surface area contributed by atoms with E-state index in [9.17, 15) is 9.59 Å². The maximum Gasteiger partial charge on any atom is 0.407 e. The lowest BCUT2D eigenvalue weighted by Crippen LogP contribution is -2.49. The Labute approximate surface area is 105 Å². The first kappa shape index (κ1) is 14.7. The van der Waals surface area contributed by atoms with Crippen LogP contribution in [0.4, 0.5) is 4.79 Å². The third kappa shape index (κ3) is 5.30. The maximum atomic E-state index is 10.3. The molecule has 104 valence electrons. The van der Waals surface area contributed by atoms with Gasteiger partial charge in [0.1, 0.15) is 6.04 Å². The van der Waals surface area contributed by atoms with Crippen molar-refractivity contribution in [3.8, 4) is 0 Å². The SMILES string of the molecule is O=C(O)N1CCNCC1.O=C(O)[C@@H]1CCCNN1. The minimum absolute atomic E-state index is 0.390. The molecule has 0 saturated carbocycles. The maximum absolute atomic E-state index is 10.3. The molecule has 0 aromatic carbocycles. The van der Waals surface area contributed by atoms with Gasteiger partial charge < -0.3 is 20.4 Å². The summed E-state index contributed by atoms with van der Waals surface area (Å²) in [7, 11) is 0. The van der Waals surface area contributed by atoms with Crippen molar-refractivity contribution in [2.45, 2.75) is 18.9 Å². The average Bonchev–Trinajstić information content (AvgIpc) is 2.41. The number of hydrogen-bond donors (Lipinski definition) is 5. The second-order valence-electron chi connectivity index (χ2n) is 4.12. The zero-order valence-corrected chi connectivity index (χ0v) is 10.2. The number of hydrazine groups is 1. The second-order valence-corrected chi connectivity index (χ2v) is 4.12. The number of hydrogen-bond acceptors (Lipinski definition) is 5. The molecular weight excluding hydrogens is 240 g/mol. The summed E-state index contributed by atoms with van der Waals surface area (Å²) in [5, 5.41) is 19.9. The lowest BCUT2D eigenvalue weighted by atomic mass is 10.1. The molecule has 2 aliphatic rings. The molecule has 2 saturated heterocycles. The van der Waals surface area contributed by atoms with Crippen LogP contribution in [0.1, 0.15) is 12.8 Å². The number of nitrogens with one attached hydrogen (secondary N) is 3. The Bertz CT molecular complexity index is 247. The van der Waals surface area contributed by atoms with Crippen LogP contribution < -0.4 is 16.2 Å². The second kappa shape index (κ2) is 7.85. The van der Waals surface area contributed by atoms with Crippen LogP contribution in [0, 0.1) is 0 Å². The van der Waals surface area contributed by atoms with E-state index >= 15 is 0 Å². The molecule has 0 radical (unpaired) electrons. The molecule has 8 nitrogen and oxygen atoms in total. The molecule has 2 rings (SSSR count). The van der Waals surface area contributed by atoms with Crippen molar-refractivity contribution < 1.29 is 19.8 Å². The number of rotatable bonds is 1. The molecule has 1 atom stereocenters. The largest absolute Gasteiger partial charge is 0.480 e. The smallest absolute Gasteiger partial charge is 0.407 e. The van der Waals surface area contributed by atoms with Crippen molar-refractivity contribution in [2.24, 2.45) is 0 Å². The highest BCUT2D eigenvalue weighted by atomic mass is 16.4. The molecule has 5 N–H and O–H groups in total. The topological polar surface area (TPSA) is 114 Å². The number of nitrogens with zero attached hydrogens (tertiary/aromatic N) is 1. The predicted molar refractivity (Wildman–Crippen MR) is 64.3 cm³/mol. The lowest BCUT2D eigenvalue weighted by Gasteiger charge is -2.23. The minimum atomic E-state index is -0.809. The van der Waals surface area contributed by atoms with Gasteiger partial charge in [0.05, 0.1) is 0 Å². The molecule has 0 spiro atoms. The summed E-state index contributed by atoms with van der Waals surface area (Å²) in [5.74, 6) is -0.776. The number of aliphatic carboxylic acids is 1. The van der Waals surface area contributed by atoms with Crippen LogP contribution in [0.5, 0.6) is 0 Å². The van der Waals surface area contributed by atoms with Gasteiger partial charge in [-0.3, -0.25) is 10.2 Å². The molecular formula is C10H20N4O4. The van der Waals surface area contributed by atoms with Gasteiger partial charge in [-0.05, 0) is 12.8 Å². The van der Waals surface area contributed by atoms with Crippen molar-refractivity contribution in [3.05, 3.63) is 0 Å². The van der Waals surface area contributed by atoms with Gasteiger partial charge in [0, 0.05) is 32.7 Å². The van der Waals surface area contributed by atoms with E-state index in [1.54, 1.807) is 0 Å². The van der Waals surface area contributed by atoms with Gasteiger partial charge in [-0.1, -0.05) is 0 Å². The molecule has 0 aliphatic carbocycles. The van der Waals surface area contributed by atoms with Crippen LogP contribution in [0.25, 0.3) is 0 Å². The van der Waals surface area contributed by atoms with Crippen LogP contribution in [-0.4, -0.2) is 65.9 Å². The summed E-state index contributed by atoms with van der Waals surface area (Å²) in [6.45, 7) is 3.67. The van der Waals surface area contributed by atoms with E-state index in [2.05, 4.69) is 16.2 Å². The molecule has 2 heterocycles. The van der Waals surface area contributed by atoms with Crippen LogP contribution in [-0.2, 0) is 4.79 Å². The number of amides is 1. The zero-order chi connectivity index (χ0) is 13.4. The monoisotopic (exact) mass is 260 g/mol. The van der Waals surface area contributed by atoms with Crippen molar-refractivity contribution >= 4 is 12.1 Å². The standard InChI is InChI=1S/2C5H10N2O2/c8-5(9)7-3-1-6-2-4-7;8-5(9)4-2-1-3-6-7-4/h6H,1-4H2,(H,8,9);4,6-7H,1-3H2,(H,8,9)/t;4-/m.0/s1. The fourth-order valence-electron chi connectivity index (χ4n) is 1.70. The third-order valence-corrected chi connectivity index (χ3v) is 2.76. The first-order valence-corrected chi connectivity index (χ1v) is 6.01. The van der Waals surface area contributed by atoms with Crippen molar-refractivity contribution in [1.82, 2.24) is 21.1 Å². The fraction of sp³-hybridized carbons (Fsp3) is 0.800. The molecule has 2 fully saturated rings. The van der Waals surface area contributed by atoms with E-state index in [1.165, 1.54) is 4.90 Å². The van der Waals surface area contributed by atoms with E-state index in [4.69, 9.17) is 10.2 Å². The van der Waals surface area contributed by atoms with E-state index in [-0.39, 0.29) is 0 Å². The van der Waals surface area contributed by atoms with Gasteiger partial charge in [-0.25, -0.2) is 10.2 Å². The normalized spacial score (nSPS) is 23.8. The van der Waals surface area contributed by atoms with Crippen molar-refractivity contribution in [3.63, 3.8) is 0 Å². The Hall–Kier alpha value is -1.38.